The summed E-state index contributed by atoms with van der Waals surface area (Å²) in [4.78, 5) is 46.7. The van der Waals surface area contributed by atoms with Gasteiger partial charge in [-0.25, -0.2) is 0 Å². The van der Waals surface area contributed by atoms with E-state index in [4.69, 9.17) is 16.6 Å². The van der Waals surface area contributed by atoms with Gasteiger partial charge in [-0.1, -0.05) is 13.8 Å². The van der Waals surface area contributed by atoms with Crippen molar-refractivity contribution in [3.63, 3.8) is 0 Å². The Morgan fingerprint density at radius 3 is 2.12 bits per heavy atom. The highest BCUT2D eigenvalue weighted by atomic mass is 16.4. The first-order chi connectivity index (χ1) is 12.1. The third kappa shape index (κ3) is 9.33. The second-order valence-corrected chi connectivity index (χ2v) is 6.46. The van der Waals surface area contributed by atoms with E-state index in [0.29, 0.717) is 25.8 Å². The summed E-state index contributed by atoms with van der Waals surface area (Å²) >= 11 is 0. The molecule has 3 unspecified atom stereocenters. The first-order valence-electron chi connectivity index (χ1n) is 8.66. The van der Waals surface area contributed by atoms with Crippen molar-refractivity contribution < 1.29 is 24.3 Å². The Morgan fingerprint density at radius 1 is 1.00 bits per heavy atom. The fraction of sp³-hybridized carbons (Fsp3) is 0.750. The minimum absolute atomic E-state index is 0.0916. The Kier molecular flexibility index (Phi) is 11.2. The highest BCUT2D eigenvalue weighted by Gasteiger charge is 2.25. The lowest BCUT2D eigenvalue weighted by atomic mass is 10.0. The van der Waals surface area contributed by atoms with Crippen LogP contribution in [0.3, 0.4) is 0 Å². The molecule has 150 valence electrons. The van der Waals surface area contributed by atoms with Gasteiger partial charge in [0.15, 0.2) is 0 Å². The molecule has 0 saturated carbocycles. The molecular formula is C16H31N5O5. The van der Waals surface area contributed by atoms with Crippen LogP contribution in [0.1, 0.15) is 40.0 Å². The summed E-state index contributed by atoms with van der Waals surface area (Å²) in [6, 6.07) is -2.66. The minimum atomic E-state index is -1.18. The van der Waals surface area contributed by atoms with Crippen LogP contribution in [-0.2, 0) is 19.2 Å². The molecule has 0 heterocycles. The van der Waals surface area contributed by atoms with E-state index >= 15 is 0 Å². The van der Waals surface area contributed by atoms with E-state index in [1.165, 1.54) is 6.92 Å². The van der Waals surface area contributed by atoms with Crippen molar-refractivity contribution in [1.82, 2.24) is 16.0 Å². The Bertz CT molecular complexity index is 497. The lowest BCUT2D eigenvalue weighted by molar-refractivity contribution is -0.141. The zero-order valence-electron chi connectivity index (χ0n) is 15.6. The Morgan fingerprint density at radius 2 is 1.62 bits per heavy atom. The molecule has 0 saturated heterocycles. The molecule has 0 aromatic heterocycles. The standard InChI is InChI=1S/C16H31N5O5/c1-9(2)13(18)15(24)21-11(6-4-5-7-17)14(23)19-8-12(22)20-10(3)16(25)26/h9-11,13H,4-8,17-18H2,1-3H3,(H,19,23)(H,20,22)(H,21,24)(H,25,26). The van der Waals surface area contributed by atoms with Crippen molar-refractivity contribution >= 4 is 23.7 Å². The Balaban J connectivity index is 4.70. The Hall–Kier alpha value is -2.20. The van der Waals surface area contributed by atoms with Gasteiger partial charge in [0.1, 0.15) is 12.1 Å². The molecule has 0 spiro atoms. The maximum Gasteiger partial charge on any atom is 0.325 e. The van der Waals surface area contributed by atoms with E-state index in [2.05, 4.69) is 16.0 Å². The van der Waals surface area contributed by atoms with E-state index in [0.717, 1.165) is 0 Å². The number of carboxylic acids is 1. The SMILES string of the molecule is CC(NC(=O)CNC(=O)C(CCCCN)NC(=O)C(N)C(C)C)C(=O)O. The van der Waals surface area contributed by atoms with Gasteiger partial charge < -0.3 is 32.5 Å². The number of aliphatic carboxylic acids is 1. The molecule has 3 atom stereocenters. The van der Waals surface area contributed by atoms with Crippen molar-refractivity contribution in [2.45, 2.75) is 58.2 Å². The highest BCUT2D eigenvalue weighted by molar-refractivity contribution is 5.92. The summed E-state index contributed by atoms with van der Waals surface area (Å²) in [5.41, 5.74) is 11.2. The number of nitrogens with one attached hydrogen (secondary N) is 3. The summed E-state index contributed by atoms with van der Waals surface area (Å²) in [5.74, 6) is -2.90. The van der Waals surface area contributed by atoms with Gasteiger partial charge in [0, 0.05) is 0 Å². The van der Waals surface area contributed by atoms with Crippen LogP contribution in [0.15, 0.2) is 0 Å². The summed E-state index contributed by atoms with van der Waals surface area (Å²) < 4.78 is 0. The molecule has 8 N–H and O–H groups in total. The van der Waals surface area contributed by atoms with Crippen LogP contribution >= 0.6 is 0 Å². The maximum absolute atomic E-state index is 12.3. The van der Waals surface area contributed by atoms with Crippen molar-refractivity contribution in [3.05, 3.63) is 0 Å². The molecule has 0 bridgehead atoms. The third-order valence-electron chi connectivity index (χ3n) is 3.77. The molecule has 10 nitrogen and oxygen atoms in total. The zero-order valence-corrected chi connectivity index (χ0v) is 15.6. The van der Waals surface area contributed by atoms with Crippen molar-refractivity contribution in [3.8, 4) is 0 Å². The summed E-state index contributed by atoms with van der Waals surface area (Å²) in [7, 11) is 0. The van der Waals surface area contributed by atoms with Crippen molar-refractivity contribution in [2.24, 2.45) is 17.4 Å². The lowest BCUT2D eigenvalue weighted by Crippen LogP contribution is -2.54. The number of carboxylic acid groups (broad SMARTS) is 1. The number of unbranched alkanes of at least 4 members (excludes halogenated alkanes) is 1. The quantitative estimate of drug-likeness (QED) is 0.221. The molecule has 0 aliphatic heterocycles. The van der Waals surface area contributed by atoms with Gasteiger partial charge in [0.2, 0.25) is 17.7 Å². The highest BCUT2D eigenvalue weighted by Crippen LogP contribution is 2.04. The number of nitrogens with two attached hydrogens (primary N) is 2. The summed E-state index contributed by atoms with van der Waals surface area (Å²) in [6.45, 7) is 4.97. The number of hydrogen-bond acceptors (Lipinski definition) is 6. The van der Waals surface area contributed by atoms with Crippen LogP contribution in [0.25, 0.3) is 0 Å². The summed E-state index contributed by atoms with van der Waals surface area (Å²) in [6.07, 6.45) is 1.66. The first-order valence-corrected chi connectivity index (χ1v) is 8.66. The predicted molar refractivity (Wildman–Crippen MR) is 95.9 cm³/mol. The molecule has 0 rings (SSSR count). The van der Waals surface area contributed by atoms with E-state index in [1.807, 2.05) is 0 Å². The average Bonchev–Trinajstić information content (AvgIpc) is 2.57. The van der Waals surface area contributed by atoms with E-state index in [-0.39, 0.29) is 5.92 Å². The van der Waals surface area contributed by atoms with Crippen LogP contribution in [0.4, 0.5) is 0 Å². The minimum Gasteiger partial charge on any atom is -0.480 e. The fourth-order valence-corrected chi connectivity index (χ4v) is 1.98. The second kappa shape index (κ2) is 12.2. The Labute approximate surface area is 153 Å². The molecule has 0 aromatic rings. The van der Waals surface area contributed by atoms with Crippen molar-refractivity contribution in [2.75, 3.05) is 13.1 Å². The van der Waals surface area contributed by atoms with Gasteiger partial charge in [-0.05, 0) is 38.6 Å². The average molecular weight is 373 g/mol. The largest absolute Gasteiger partial charge is 0.480 e. The van der Waals surface area contributed by atoms with Gasteiger partial charge in [-0.3, -0.25) is 19.2 Å². The number of hydrogen-bond donors (Lipinski definition) is 6. The van der Waals surface area contributed by atoms with Gasteiger partial charge in [0.25, 0.3) is 0 Å². The molecule has 3 amide bonds. The number of carbonyl (C=O) groups excluding carboxylic acids is 3. The lowest BCUT2D eigenvalue weighted by Gasteiger charge is -2.22. The van der Waals surface area contributed by atoms with Crippen molar-refractivity contribution in [1.29, 1.82) is 0 Å². The second-order valence-electron chi connectivity index (χ2n) is 6.46. The summed E-state index contributed by atoms with van der Waals surface area (Å²) in [5, 5.41) is 16.0. The van der Waals surface area contributed by atoms with Crippen LogP contribution in [0, 0.1) is 5.92 Å². The zero-order chi connectivity index (χ0) is 20.3. The third-order valence-corrected chi connectivity index (χ3v) is 3.77. The van der Waals surface area contributed by atoms with Crippen LogP contribution in [0.5, 0.6) is 0 Å². The molecular weight excluding hydrogens is 342 g/mol. The molecule has 26 heavy (non-hydrogen) atoms. The van der Waals surface area contributed by atoms with Crippen LogP contribution in [-0.4, -0.2) is 60.0 Å². The number of rotatable bonds is 12. The van der Waals surface area contributed by atoms with Gasteiger partial charge >= 0.3 is 5.97 Å². The number of amides is 3. The van der Waals surface area contributed by atoms with Crippen LogP contribution < -0.4 is 27.4 Å². The van der Waals surface area contributed by atoms with E-state index in [9.17, 15) is 19.2 Å². The fourth-order valence-electron chi connectivity index (χ4n) is 1.98. The first kappa shape index (κ1) is 23.8. The smallest absolute Gasteiger partial charge is 0.325 e. The molecule has 0 aliphatic carbocycles. The molecule has 10 heteroatoms. The monoisotopic (exact) mass is 373 g/mol. The molecule has 0 aromatic carbocycles. The van der Waals surface area contributed by atoms with E-state index in [1.54, 1.807) is 13.8 Å². The predicted octanol–water partition coefficient (Wildman–Crippen LogP) is -1.71. The number of carbonyl (C=O) groups is 4. The molecule has 0 fully saturated rings. The maximum atomic E-state index is 12.3. The molecule has 0 radical (unpaired) electrons. The van der Waals surface area contributed by atoms with Crippen LogP contribution in [0.2, 0.25) is 0 Å². The van der Waals surface area contributed by atoms with Gasteiger partial charge in [0.05, 0.1) is 12.6 Å². The van der Waals surface area contributed by atoms with E-state index < -0.39 is 48.4 Å². The molecule has 0 aliphatic rings. The normalized spacial score (nSPS) is 14.2. The van der Waals surface area contributed by atoms with Gasteiger partial charge in [-0.15, -0.1) is 0 Å². The van der Waals surface area contributed by atoms with Gasteiger partial charge in [-0.2, -0.15) is 0 Å². The topological polar surface area (TPSA) is 177 Å².